The van der Waals surface area contributed by atoms with Crippen molar-refractivity contribution in [2.45, 2.75) is 0 Å². The van der Waals surface area contributed by atoms with Crippen LogP contribution in [0.15, 0.2) is 45.3 Å². The van der Waals surface area contributed by atoms with Crippen LogP contribution in [0, 0.1) is 0 Å². The van der Waals surface area contributed by atoms with Gasteiger partial charge in [0.15, 0.2) is 0 Å². The molecule has 3 N–H and O–H groups in total. The van der Waals surface area contributed by atoms with Crippen LogP contribution in [0.2, 0.25) is 5.02 Å². The maximum atomic E-state index is 5.88. The number of nitrogens with one attached hydrogen (secondary N) is 1. The number of nitrogen functional groups attached to an aromatic ring is 1. The van der Waals surface area contributed by atoms with E-state index in [1.54, 1.807) is 12.1 Å². The van der Waals surface area contributed by atoms with Crippen LogP contribution in [-0.2, 0) is 0 Å². The maximum absolute atomic E-state index is 5.88. The minimum absolute atomic E-state index is 0.615. The Hall–Kier alpha value is -0.710. The van der Waals surface area contributed by atoms with E-state index in [0.717, 1.165) is 20.3 Å². The van der Waals surface area contributed by atoms with Gasteiger partial charge in [-0.3, -0.25) is 0 Å². The molecule has 17 heavy (non-hydrogen) atoms. The molecule has 0 heterocycles. The molecule has 0 saturated carbocycles. The second-order valence-electron chi connectivity index (χ2n) is 3.48. The van der Waals surface area contributed by atoms with E-state index in [9.17, 15) is 0 Å². The van der Waals surface area contributed by atoms with Crippen LogP contribution in [0.3, 0.4) is 0 Å². The van der Waals surface area contributed by atoms with Crippen molar-refractivity contribution in [2.24, 2.45) is 0 Å². The summed E-state index contributed by atoms with van der Waals surface area (Å²) in [4.78, 5) is 0. The first-order chi connectivity index (χ1) is 8.06. The Bertz CT molecular complexity index is 558. The van der Waals surface area contributed by atoms with Gasteiger partial charge in [-0.15, -0.1) is 0 Å². The molecule has 0 aliphatic heterocycles. The Morgan fingerprint density at radius 3 is 2.47 bits per heavy atom. The normalized spacial score (nSPS) is 10.3. The van der Waals surface area contributed by atoms with E-state index in [0.29, 0.717) is 10.7 Å². The molecule has 0 bridgehead atoms. The zero-order valence-electron chi connectivity index (χ0n) is 8.68. The van der Waals surface area contributed by atoms with Crippen molar-refractivity contribution in [1.82, 2.24) is 0 Å². The zero-order valence-corrected chi connectivity index (χ0v) is 12.6. The summed E-state index contributed by atoms with van der Waals surface area (Å²) >= 11 is 12.8. The topological polar surface area (TPSA) is 38.0 Å². The number of benzene rings is 2. The third-order valence-corrected chi connectivity index (χ3v) is 3.63. The fourth-order valence-corrected chi connectivity index (χ4v) is 2.27. The summed E-state index contributed by atoms with van der Waals surface area (Å²) in [5.41, 5.74) is 8.26. The summed E-state index contributed by atoms with van der Waals surface area (Å²) in [6.07, 6.45) is 0. The second-order valence-corrected chi connectivity index (χ2v) is 5.69. The third kappa shape index (κ3) is 3.15. The van der Waals surface area contributed by atoms with E-state index in [-0.39, 0.29) is 0 Å². The standard InChI is InChI=1S/C12H9Br2ClN2/c13-7-1-3-9(14)12(5-7)17-11-4-2-8(15)6-10(11)16/h1-6,17H,16H2. The fourth-order valence-electron chi connectivity index (χ4n) is 1.39. The molecule has 0 radical (unpaired) electrons. The van der Waals surface area contributed by atoms with Gasteiger partial charge in [-0.1, -0.05) is 27.5 Å². The molecule has 88 valence electrons. The van der Waals surface area contributed by atoms with Gasteiger partial charge in [-0.05, 0) is 52.3 Å². The highest BCUT2D eigenvalue weighted by Crippen LogP contribution is 2.32. The fraction of sp³-hybridized carbons (Fsp3) is 0. The first-order valence-corrected chi connectivity index (χ1v) is 6.80. The first kappa shape index (κ1) is 12.7. The van der Waals surface area contributed by atoms with Crippen molar-refractivity contribution >= 4 is 60.5 Å². The van der Waals surface area contributed by atoms with Gasteiger partial charge in [0, 0.05) is 14.0 Å². The molecule has 0 aliphatic rings. The smallest absolute Gasteiger partial charge is 0.0619 e. The molecule has 0 atom stereocenters. The Morgan fingerprint density at radius 1 is 1.00 bits per heavy atom. The van der Waals surface area contributed by atoms with Crippen LogP contribution >= 0.6 is 43.5 Å². The quantitative estimate of drug-likeness (QED) is 0.708. The summed E-state index contributed by atoms with van der Waals surface area (Å²) in [6, 6.07) is 11.3. The molecular formula is C12H9Br2ClN2. The number of anilines is 3. The Balaban J connectivity index is 2.34. The highest BCUT2D eigenvalue weighted by molar-refractivity contribution is 9.11. The van der Waals surface area contributed by atoms with Gasteiger partial charge in [-0.2, -0.15) is 0 Å². The van der Waals surface area contributed by atoms with E-state index in [1.165, 1.54) is 0 Å². The lowest BCUT2D eigenvalue weighted by molar-refractivity contribution is 1.50. The highest BCUT2D eigenvalue weighted by Gasteiger charge is 2.04. The summed E-state index contributed by atoms with van der Waals surface area (Å²) in [5.74, 6) is 0. The van der Waals surface area contributed by atoms with Crippen molar-refractivity contribution < 1.29 is 0 Å². The lowest BCUT2D eigenvalue weighted by Gasteiger charge is -2.11. The Labute approximate surface area is 121 Å². The Kier molecular flexibility index (Phi) is 3.97. The van der Waals surface area contributed by atoms with E-state index in [1.807, 2.05) is 24.3 Å². The van der Waals surface area contributed by atoms with Crippen molar-refractivity contribution in [1.29, 1.82) is 0 Å². The predicted octanol–water partition coefficient (Wildman–Crippen LogP) is 5.19. The zero-order chi connectivity index (χ0) is 12.4. The molecule has 2 aromatic carbocycles. The maximum Gasteiger partial charge on any atom is 0.0619 e. The van der Waals surface area contributed by atoms with Gasteiger partial charge in [0.05, 0.1) is 17.1 Å². The molecule has 0 amide bonds. The molecule has 0 aliphatic carbocycles. The molecule has 0 unspecified atom stereocenters. The largest absolute Gasteiger partial charge is 0.397 e. The molecule has 2 aromatic rings. The molecule has 0 fully saturated rings. The van der Waals surface area contributed by atoms with Crippen LogP contribution in [0.25, 0.3) is 0 Å². The van der Waals surface area contributed by atoms with Gasteiger partial charge < -0.3 is 11.1 Å². The highest BCUT2D eigenvalue weighted by atomic mass is 79.9. The van der Waals surface area contributed by atoms with Crippen LogP contribution in [0.5, 0.6) is 0 Å². The van der Waals surface area contributed by atoms with E-state index < -0.39 is 0 Å². The lowest BCUT2D eigenvalue weighted by Crippen LogP contribution is -1.96. The number of hydrogen-bond donors (Lipinski definition) is 2. The third-order valence-electron chi connectivity index (χ3n) is 2.21. The first-order valence-electron chi connectivity index (χ1n) is 4.83. The number of halogens is 3. The second kappa shape index (κ2) is 5.29. The van der Waals surface area contributed by atoms with Crippen LogP contribution < -0.4 is 11.1 Å². The van der Waals surface area contributed by atoms with Crippen molar-refractivity contribution in [3.05, 3.63) is 50.4 Å². The van der Waals surface area contributed by atoms with Crippen LogP contribution in [0.4, 0.5) is 17.1 Å². The molecule has 0 saturated heterocycles. The SMILES string of the molecule is Nc1cc(Cl)ccc1Nc1cc(Br)ccc1Br. The summed E-state index contributed by atoms with van der Waals surface area (Å²) < 4.78 is 1.96. The molecule has 2 rings (SSSR count). The number of nitrogens with two attached hydrogens (primary N) is 1. The Morgan fingerprint density at radius 2 is 1.76 bits per heavy atom. The monoisotopic (exact) mass is 374 g/mol. The summed E-state index contributed by atoms with van der Waals surface area (Å²) in [7, 11) is 0. The van der Waals surface area contributed by atoms with Crippen molar-refractivity contribution in [2.75, 3.05) is 11.1 Å². The molecule has 0 aromatic heterocycles. The minimum Gasteiger partial charge on any atom is -0.397 e. The van der Waals surface area contributed by atoms with Crippen molar-refractivity contribution in [3.8, 4) is 0 Å². The van der Waals surface area contributed by atoms with Crippen LogP contribution in [0.1, 0.15) is 0 Å². The van der Waals surface area contributed by atoms with Crippen LogP contribution in [-0.4, -0.2) is 0 Å². The molecule has 0 spiro atoms. The molecule has 2 nitrogen and oxygen atoms in total. The van der Waals surface area contributed by atoms with Gasteiger partial charge in [0.2, 0.25) is 0 Å². The molecule has 5 heteroatoms. The van der Waals surface area contributed by atoms with Gasteiger partial charge in [0.25, 0.3) is 0 Å². The van der Waals surface area contributed by atoms with E-state index in [4.69, 9.17) is 17.3 Å². The average molecular weight is 376 g/mol. The van der Waals surface area contributed by atoms with E-state index in [2.05, 4.69) is 37.2 Å². The van der Waals surface area contributed by atoms with Crippen molar-refractivity contribution in [3.63, 3.8) is 0 Å². The van der Waals surface area contributed by atoms with Gasteiger partial charge in [0.1, 0.15) is 0 Å². The minimum atomic E-state index is 0.615. The lowest BCUT2D eigenvalue weighted by atomic mass is 10.2. The average Bonchev–Trinajstić information content (AvgIpc) is 2.27. The summed E-state index contributed by atoms with van der Waals surface area (Å²) in [6.45, 7) is 0. The van der Waals surface area contributed by atoms with Gasteiger partial charge in [-0.25, -0.2) is 0 Å². The number of rotatable bonds is 2. The van der Waals surface area contributed by atoms with E-state index >= 15 is 0 Å². The number of hydrogen-bond acceptors (Lipinski definition) is 2. The predicted molar refractivity (Wildman–Crippen MR) is 81.0 cm³/mol. The van der Waals surface area contributed by atoms with Gasteiger partial charge >= 0.3 is 0 Å². The molecular weight excluding hydrogens is 367 g/mol. The summed E-state index contributed by atoms with van der Waals surface area (Å²) in [5, 5.41) is 3.87.